The van der Waals surface area contributed by atoms with Gasteiger partial charge < -0.3 is 16.9 Å². The number of quaternary nitrogens is 1. The first-order chi connectivity index (χ1) is 8.24. The number of hydrogen-bond donors (Lipinski definition) is 0. The molecule has 0 N–H and O–H groups in total. The third-order valence-corrected chi connectivity index (χ3v) is 3.94. The second-order valence-electron chi connectivity index (χ2n) is 5.65. The van der Waals surface area contributed by atoms with Crippen LogP contribution in [0.2, 0.25) is 0 Å². The van der Waals surface area contributed by atoms with Crippen LogP contribution >= 0.6 is 0 Å². The summed E-state index contributed by atoms with van der Waals surface area (Å²) in [6.07, 6.45) is 11.1. The fourth-order valence-corrected chi connectivity index (χ4v) is 2.64. The maximum absolute atomic E-state index is 2.33. The van der Waals surface area contributed by atoms with Crippen LogP contribution in [0.3, 0.4) is 0 Å². The number of hydrogen-bond acceptors (Lipinski definition) is 0. The maximum Gasteiger partial charge on any atom is 0.0786 e. The Bertz CT molecular complexity index is 127. The zero-order chi connectivity index (χ0) is 13.0. The molecule has 0 unspecified atom stereocenters. The van der Waals surface area contributed by atoms with Crippen molar-refractivity contribution >= 4 is 0 Å². The predicted molar refractivity (Wildman–Crippen MR) is 79.4 cm³/mol. The van der Waals surface area contributed by atoms with Crippen molar-refractivity contribution in [3.8, 4) is 0 Å². The molecule has 0 rings (SSSR count). The van der Waals surface area contributed by atoms with E-state index in [1.54, 1.807) is 0 Å². The van der Waals surface area contributed by atoms with Crippen LogP contribution < -0.4 is 12.4 Å². The van der Waals surface area contributed by atoms with Crippen molar-refractivity contribution in [3.63, 3.8) is 0 Å². The summed E-state index contributed by atoms with van der Waals surface area (Å²) in [5, 5.41) is 0. The van der Waals surface area contributed by atoms with E-state index < -0.39 is 0 Å². The van der Waals surface area contributed by atoms with Gasteiger partial charge in [-0.1, -0.05) is 53.4 Å². The minimum atomic E-state index is 0. The third kappa shape index (κ3) is 12.2. The largest absolute Gasteiger partial charge is 1.00 e. The molecule has 0 aliphatic rings. The van der Waals surface area contributed by atoms with Crippen molar-refractivity contribution in [2.75, 3.05) is 26.2 Å². The molecule has 0 atom stereocenters. The Labute approximate surface area is 139 Å². The summed E-state index contributed by atoms with van der Waals surface area (Å²) in [6, 6.07) is 0. The molecule has 0 aromatic rings. The quantitative estimate of drug-likeness (QED) is 0.480. The molecule has 3 heteroatoms. The Kier molecular flexibility index (Phi) is 22.0. The molecule has 0 fully saturated rings. The van der Waals surface area contributed by atoms with Gasteiger partial charge in [-0.25, -0.2) is 0 Å². The Hall–Kier alpha value is 0.782. The van der Waals surface area contributed by atoms with Crippen molar-refractivity contribution in [2.24, 2.45) is 0 Å². The molecule has 0 radical (unpaired) electrons. The van der Waals surface area contributed by atoms with E-state index in [1.165, 1.54) is 82.0 Å². The van der Waals surface area contributed by atoms with E-state index in [2.05, 4.69) is 27.7 Å². The van der Waals surface area contributed by atoms with Gasteiger partial charge in [0.05, 0.1) is 26.2 Å². The summed E-state index contributed by atoms with van der Waals surface area (Å²) in [4.78, 5) is 0. The van der Waals surface area contributed by atoms with Gasteiger partial charge in [0.15, 0.2) is 0 Å². The van der Waals surface area contributed by atoms with E-state index in [4.69, 9.17) is 0 Å². The van der Waals surface area contributed by atoms with Crippen LogP contribution in [0.4, 0.5) is 0 Å². The average molecular weight is 330 g/mol. The monoisotopic (exact) mass is 329 g/mol. The minimum Gasteiger partial charge on any atom is -1.00 e. The molecule has 0 aliphatic carbocycles. The minimum absolute atomic E-state index is 0. The molecule has 0 amide bonds. The normalized spacial score (nSPS) is 10.7. The molecular weight excluding hydrogens is 294 g/mol. The maximum atomic E-state index is 2.33. The first-order valence-corrected chi connectivity index (χ1v) is 8.09. The molecular formula is C16H36ClCrN. The molecule has 0 bridgehead atoms. The van der Waals surface area contributed by atoms with Gasteiger partial charge in [-0.3, -0.25) is 0 Å². The van der Waals surface area contributed by atoms with Crippen molar-refractivity contribution in [1.29, 1.82) is 0 Å². The van der Waals surface area contributed by atoms with Gasteiger partial charge >= 0.3 is 0 Å². The molecule has 0 spiro atoms. The first kappa shape index (κ1) is 24.8. The number of unbranched alkanes of at least 4 members (excludes halogenated alkanes) is 4. The Morgan fingerprint density at radius 1 is 0.526 bits per heavy atom. The van der Waals surface area contributed by atoms with Crippen molar-refractivity contribution in [1.82, 2.24) is 0 Å². The number of rotatable bonds is 12. The van der Waals surface area contributed by atoms with Crippen molar-refractivity contribution in [2.45, 2.75) is 79.1 Å². The summed E-state index contributed by atoms with van der Waals surface area (Å²) in [5.41, 5.74) is 0. The Morgan fingerprint density at radius 2 is 0.737 bits per heavy atom. The summed E-state index contributed by atoms with van der Waals surface area (Å²) in [7, 11) is 0. The van der Waals surface area contributed by atoms with E-state index in [-0.39, 0.29) is 29.8 Å². The van der Waals surface area contributed by atoms with Gasteiger partial charge in [0.25, 0.3) is 0 Å². The summed E-state index contributed by atoms with van der Waals surface area (Å²) in [5.74, 6) is 0. The molecule has 1 nitrogen and oxygen atoms in total. The van der Waals surface area contributed by atoms with Crippen LogP contribution in [-0.4, -0.2) is 30.7 Å². The first-order valence-electron chi connectivity index (χ1n) is 8.09. The van der Waals surface area contributed by atoms with Crippen LogP contribution in [0, 0.1) is 0 Å². The van der Waals surface area contributed by atoms with Gasteiger partial charge in [0.2, 0.25) is 0 Å². The van der Waals surface area contributed by atoms with E-state index in [0.29, 0.717) is 0 Å². The van der Waals surface area contributed by atoms with E-state index in [1.807, 2.05) is 0 Å². The molecule has 118 valence electrons. The van der Waals surface area contributed by atoms with Gasteiger partial charge in [-0.2, -0.15) is 0 Å². The topological polar surface area (TPSA) is 0 Å². The van der Waals surface area contributed by atoms with Crippen LogP contribution in [0.1, 0.15) is 79.1 Å². The van der Waals surface area contributed by atoms with E-state index in [0.717, 1.165) is 0 Å². The second-order valence-corrected chi connectivity index (χ2v) is 5.65. The molecule has 0 aliphatic heterocycles. The third-order valence-electron chi connectivity index (χ3n) is 3.94. The van der Waals surface area contributed by atoms with Crippen LogP contribution in [-0.2, 0) is 17.4 Å². The molecule has 19 heavy (non-hydrogen) atoms. The fraction of sp³-hybridized carbons (Fsp3) is 1.00. The second kappa shape index (κ2) is 16.8. The van der Waals surface area contributed by atoms with Crippen LogP contribution in [0.15, 0.2) is 0 Å². The molecule has 0 saturated carbocycles. The number of halogens is 1. The van der Waals surface area contributed by atoms with E-state index >= 15 is 0 Å². The SMILES string of the molecule is CCCC[N+](CCCC)(CCCC)CCCC.[Cl-].[Cr]. The summed E-state index contributed by atoms with van der Waals surface area (Å²) >= 11 is 0. The molecule has 0 heterocycles. The molecule has 0 aromatic carbocycles. The molecule has 0 saturated heterocycles. The van der Waals surface area contributed by atoms with Gasteiger partial charge in [0, 0.05) is 17.4 Å². The van der Waals surface area contributed by atoms with Crippen LogP contribution in [0.5, 0.6) is 0 Å². The molecule has 0 aromatic heterocycles. The predicted octanol–water partition coefficient (Wildman–Crippen LogP) is 2.01. The summed E-state index contributed by atoms with van der Waals surface area (Å²) < 4.78 is 1.42. The van der Waals surface area contributed by atoms with Gasteiger partial charge in [-0.05, 0) is 25.7 Å². The zero-order valence-electron chi connectivity index (χ0n) is 13.7. The fourth-order valence-electron chi connectivity index (χ4n) is 2.64. The van der Waals surface area contributed by atoms with Gasteiger partial charge in [-0.15, -0.1) is 0 Å². The van der Waals surface area contributed by atoms with Crippen molar-refractivity contribution < 1.29 is 34.3 Å². The van der Waals surface area contributed by atoms with E-state index in [9.17, 15) is 0 Å². The average Bonchev–Trinajstić information content (AvgIpc) is 2.37. The summed E-state index contributed by atoms with van der Waals surface area (Å²) in [6.45, 7) is 15.0. The van der Waals surface area contributed by atoms with Crippen LogP contribution in [0.25, 0.3) is 0 Å². The van der Waals surface area contributed by atoms with Gasteiger partial charge in [0.1, 0.15) is 0 Å². The standard InChI is InChI=1S/C16H36N.ClH.Cr/c1-5-9-13-17(14-10-6-2,15-11-7-3)16-12-8-4;;/h5-16H2,1-4H3;1H;/q+1;;/p-1. The Morgan fingerprint density at radius 3 is 0.895 bits per heavy atom. The number of nitrogens with zero attached hydrogens (tertiary/aromatic N) is 1. The smallest absolute Gasteiger partial charge is 0.0786 e. The Balaban J connectivity index is -0.00000128. The zero-order valence-corrected chi connectivity index (χ0v) is 15.7. The van der Waals surface area contributed by atoms with Crippen molar-refractivity contribution in [3.05, 3.63) is 0 Å².